The number of aryl methyl sites for hydroxylation is 1. The molecule has 13 heavy (non-hydrogen) atoms. The summed E-state index contributed by atoms with van der Waals surface area (Å²) in [6.45, 7) is 0.647. The average Bonchev–Trinajstić information content (AvgIpc) is 2.15. The van der Waals surface area contributed by atoms with E-state index in [1.807, 2.05) is 0 Å². The molecule has 68 valence electrons. The summed E-state index contributed by atoms with van der Waals surface area (Å²) in [5, 5.41) is 8.29. The first kappa shape index (κ1) is 9.46. The summed E-state index contributed by atoms with van der Waals surface area (Å²) in [5.41, 5.74) is -0.223. The molecule has 0 bridgehead atoms. The van der Waals surface area contributed by atoms with Crippen molar-refractivity contribution in [1.29, 1.82) is 5.26 Å². The molecule has 0 fully saturated rings. The Hall–Kier alpha value is -1.63. The van der Waals surface area contributed by atoms with E-state index in [2.05, 4.69) is 11.1 Å². The molecule has 0 amide bonds. The van der Waals surface area contributed by atoms with Crippen LogP contribution in [0.3, 0.4) is 0 Å². The first-order chi connectivity index (χ1) is 6.34. The monoisotopic (exact) mass is 177 g/mol. The predicted octanol–water partition coefficient (Wildman–Crippen LogP) is 0.937. The molecular weight excluding hydrogens is 166 g/mol. The van der Waals surface area contributed by atoms with E-state index in [-0.39, 0.29) is 5.69 Å². The molecule has 1 aromatic rings. The second-order valence-corrected chi connectivity index (χ2v) is 2.71. The fourth-order valence-electron chi connectivity index (χ4n) is 1.04. The van der Waals surface area contributed by atoms with Crippen LogP contribution in [0.25, 0.3) is 0 Å². The fourth-order valence-corrected chi connectivity index (χ4v) is 1.04. The van der Waals surface area contributed by atoms with E-state index in [0.29, 0.717) is 13.0 Å². The molecule has 0 atom stereocenters. The van der Waals surface area contributed by atoms with Gasteiger partial charge in [-0.1, -0.05) is 0 Å². The lowest BCUT2D eigenvalue weighted by Gasteiger charge is -2.01. The first-order valence-corrected chi connectivity index (χ1v) is 4.23. The van der Waals surface area contributed by atoms with E-state index in [4.69, 9.17) is 5.26 Å². The van der Waals surface area contributed by atoms with Crippen LogP contribution in [0.2, 0.25) is 0 Å². The lowest BCUT2D eigenvalue weighted by atomic mass is 10.2. The maximum absolute atomic E-state index is 11.1. The SMILES string of the molecule is N#CCCCCn1cccnc1=O. The molecule has 0 spiro atoms. The number of aromatic nitrogens is 2. The minimum Gasteiger partial charge on any atom is -0.299 e. The molecule has 0 radical (unpaired) electrons. The van der Waals surface area contributed by atoms with Crippen LogP contribution in [-0.2, 0) is 6.54 Å². The Morgan fingerprint density at radius 3 is 3.08 bits per heavy atom. The van der Waals surface area contributed by atoms with E-state index in [9.17, 15) is 4.79 Å². The highest BCUT2D eigenvalue weighted by Gasteiger charge is 1.93. The quantitative estimate of drug-likeness (QED) is 0.643. The van der Waals surface area contributed by atoms with E-state index >= 15 is 0 Å². The molecule has 0 aliphatic rings. The highest BCUT2D eigenvalue weighted by Crippen LogP contribution is 1.95. The van der Waals surface area contributed by atoms with Crippen LogP contribution in [0.4, 0.5) is 0 Å². The van der Waals surface area contributed by atoms with Gasteiger partial charge in [0.25, 0.3) is 0 Å². The Labute approximate surface area is 76.5 Å². The standard InChI is InChI=1S/C9H11N3O/c10-5-2-1-3-7-12-8-4-6-11-9(12)13/h4,6,8H,1-3,7H2. The van der Waals surface area contributed by atoms with Gasteiger partial charge >= 0.3 is 5.69 Å². The van der Waals surface area contributed by atoms with Gasteiger partial charge in [0.2, 0.25) is 0 Å². The molecule has 0 aliphatic carbocycles. The van der Waals surface area contributed by atoms with Crippen LogP contribution >= 0.6 is 0 Å². The summed E-state index contributed by atoms with van der Waals surface area (Å²) in [7, 11) is 0. The molecule has 0 unspecified atom stereocenters. The topological polar surface area (TPSA) is 58.7 Å². The zero-order valence-corrected chi connectivity index (χ0v) is 7.31. The van der Waals surface area contributed by atoms with E-state index in [1.165, 1.54) is 6.20 Å². The van der Waals surface area contributed by atoms with E-state index in [1.54, 1.807) is 16.8 Å². The zero-order chi connectivity index (χ0) is 9.52. The lowest BCUT2D eigenvalue weighted by Crippen LogP contribution is -2.21. The molecule has 4 nitrogen and oxygen atoms in total. The molecule has 1 aromatic heterocycles. The number of hydrogen-bond donors (Lipinski definition) is 0. The Morgan fingerprint density at radius 2 is 2.38 bits per heavy atom. The lowest BCUT2D eigenvalue weighted by molar-refractivity contribution is 0.587. The highest BCUT2D eigenvalue weighted by molar-refractivity contribution is 4.80. The van der Waals surface area contributed by atoms with Gasteiger partial charge in [-0.3, -0.25) is 4.57 Å². The van der Waals surface area contributed by atoms with Crippen LogP contribution in [0.15, 0.2) is 23.3 Å². The van der Waals surface area contributed by atoms with Gasteiger partial charge in [0.05, 0.1) is 6.07 Å². The molecular formula is C9H11N3O. The van der Waals surface area contributed by atoms with Crippen molar-refractivity contribution in [1.82, 2.24) is 9.55 Å². The second kappa shape index (κ2) is 5.09. The Balaban J connectivity index is 2.42. The van der Waals surface area contributed by atoms with Crippen LogP contribution in [0, 0.1) is 11.3 Å². The zero-order valence-electron chi connectivity index (χ0n) is 7.31. The van der Waals surface area contributed by atoms with Crippen molar-refractivity contribution in [3.8, 4) is 6.07 Å². The van der Waals surface area contributed by atoms with Crippen LogP contribution in [-0.4, -0.2) is 9.55 Å². The van der Waals surface area contributed by atoms with Crippen LogP contribution in [0.1, 0.15) is 19.3 Å². The maximum Gasteiger partial charge on any atom is 0.347 e. The van der Waals surface area contributed by atoms with Gasteiger partial charge in [0, 0.05) is 25.4 Å². The van der Waals surface area contributed by atoms with E-state index < -0.39 is 0 Å². The highest BCUT2D eigenvalue weighted by atomic mass is 16.1. The number of nitrogens with zero attached hydrogens (tertiary/aromatic N) is 3. The third-order valence-corrected chi connectivity index (χ3v) is 1.72. The van der Waals surface area contributed by atoms with Gasteiger partial charge in [0.1, 0.15) is 0 Å². The summed E-state index contributed by atoms with van der Waals surface area (Å²) in [6, 6.07) is 3.79. The average molecular weight is 177 g/mol. The van der Waals surface area contributed by atoms with E-state index in [0.717, 1.165) is 12.8 Å². The number of hydrogen-bond acceptors (Lipinski definition) is 3. The smallest absolute Gasteiger partial charge is 0.299 e. The first-order valence-electron chi connectivity index (χ1n) is 4.23. The number of unbranched alkanes of at least 4 members (excludes halogenated alkanes) is 2. The predicted molar refractivity (Wildman–Crippen MR) is 48.0 cm³/mol. The van der Waals surface area contributed by atoms with Crippen molar-refractivity contribution in [3.63, 3.8) is 0 Å². The summed E-state index contributed by atoms with van der Waals surface area (Å²) in [4.78, 5) is 14.7. The molecule has 0 saturated heterocycles. The third kappa shape index (κ3) is 3.08. The molecule has 4 heteroatoms. The molecule has 0 saturated carbocycles. The fraction of sp³-hybridized carbons (Fsp3) is 0.444. The molecule has 0 aliphatic heterocycles. The van der Waals surface area contributed by atoms with Gasteiger partial charge < -0.3 is 0 Å². The van der Waals surface area contributed by atoms with Gasteiger partial charge in [-0.05, 0) is 18.9 Å². The van der Waals surface area contributed by atoms with Gasteiger partial charge in [-0.2, -0.15) is 5.26 Å². The molecule has 1 rings (SSSR count). The van der Waals surface area contributed by atoms with Gasteiger partial charge in [0.15, 0.2) is 0 Å². The van der Waals surface area contributed by atoms with Crippen molar-refractivity contribution in [2.24, 2.45) is 0 Å². The summed E-state index contributed by atoms with van der Waals surface area (Å²) in [5.74, 6) is 0. The summed E-state index contributed by atoms with van der Waals surface area (Å²) >= 11 is 0. The summed E-state index contributed by atoms with van der Waals surface area (Å²) in [6.07, 6.45) is 5.42. The third-order valence-electron chi connectivity index (χ3n) is 1.72. The largest absolute Gasteiger partial charge is 0.347 e. The minimum absolute atomic E-state index is 0.223. The van der Waals surface area contributed by atoms with Gasteiger partial charge in [-0.25, -0.2) is 9.78 Å². The van der Waals surface area contributed by atoms with Crippen molar-refractivity contribution in [3.05, 3.63) is 28.9 Å². The number of nitriles is 1. The van der Waals surface area contributed by atoms with Gasteiger partial charge in [-0.15, -0.1) is 0 Å². The van der Waals surface area contributed by atoms with Crippen molar-refractivity contribution < 1.29 is 0 Å². The maximum atomic E-state index is 11.1. The second-order valence-electron chi connectivity index (χ2n) is 2.71. The van der Waals surface area contributed by atoms with Crippen LogP contribution < -0.4 is 5.69 Å². The molecule has 0 N–H and O–H groups in total. The van der Waals surface area contributed by atoms with Crippen LogP contribution in [0.5, 0.6) is 0 Å². The Morgan fingerprint density at radius 1 is 1.54 bits per heavy atom. The van der Waals surface area contributed by atoms with Crippen molar-refractivity contribution >= 4 is 0 Å². The Kier molecular flexibility index (Phi) is 3.71. The summed E-state index contributed by atoms with van der Waals surface area (Å²) < 4.78 is 1.55. The van der Waals surface area contributed by atoms with Crippen molar-refractivity contribution in [2.45, 2.75) is 25.8 Å². The Bertz CT molecular complexity index is 350. The van der Waals surface area contributed by atoms with Crippen molar-refractivity contribution in [2.75, 3.05) is 0 Å². The molecule has 0 aromatic carbocycles. The molecule has 1 heterocycles. The minimum atomic E-state index is -0.223. The normalized spacial score (nSPS) is 9.46. The number of rotatable bonds is 4.